The Kier molecular flexibility index (Phi) is 5.36. The van der Waals surface area contributed by atoms with Crippen molar-refractivity contribution in [3.05, 3.63) is 81.1 Å². The van der Waals surface area contributed by atoms with E-state index in [1.165, 1.54) is 30.0 Å². The Hall–Kier alpha value is -2.78. The highest BCUT2D eigenvalue weighted by Gasteiger charge is 2.11. The fourth-order valence-electron chi connectivity index (χ4n) is 2.43. The van der Waals surface area contributed by atoms with Gasteiger partial charge in [0.15, 0.2) is 5.16 Å². The van der Waals surface area contributed by atoms with Crippen LogP contribution < -0.4 is 5.56 Å². The smallest absolute Gasteiger partial charge is 0.252 e. The summed E-state index contributed by atoms with van der Waals surface area (Å²) in [6.45, 7) is 0. The number of benzene rings is 2. The number of nitrogens with zero attached hydrogens (tertiary/aromatic N) is 3. The van der Waals surface area contributed by atoms with Crippen molar-refractivity contribution in [3.63, 3.8) is 0 Å². The molecule has 0 aliphatic carbocycles. The van der Waals surface area contributed by atoms with Crippen molar-refractivity contribution in [2.45, 2.75) is 10.9 Å². The summed E-state index contributed by atoms with van der Waals surface area (Å²) in [5, 5.41) is 4.39. The summed E-state index contributed by atoms with van der Waals surface area (Å²) in [4.78, 5) is 23.4. The van der Waals surface area contributed by atoms with Crippen LogP contribution in [0.1, 0.15) is 5.89 Å². The van der Waals surface area contributed by atoms with Crippen LogP contribution >= 0.6 is 27.7 Å². The zero-order chi connectivity index (χ0) is 19.5. The number of hydrogen-bond donors (Lipinski definition) is 1. The Morgan fingerprint density at radius 3 is 2.50 bits per heavy atom. The summed E-state index contributed by atoms with van der Waals surface area (Å²) in [6.07, 6.45) is 0. The van der Waals surface area contributed by atoms with Gasteiger partial charge in [-0.2, -0.15) is 4.98 Å². The first-order valence-corrected chi connectivity index (χ1v) is 9.93. The Morgan fingerprint density at radius 1 is 1.04 bits per heavy atom. The zero-order valence-corrected chi connectivity index (χ0v) is 16.6. The van der Waals surface area contributed by atoms with Crippen LogP contribution in [0.25, 0.3) is 22.6 Å². The molecule has 9 heteroatoms. The van der Waals surface area contributed by atoms with Crippen LogP contribution in [-0.2, 0) is 5.75 Å². The third-order valence-electron chi connectivity index (χ3n) is 3.76. The van der Waals surface area contributed by atoms with E-state index in [0.29, 0.717) is 33.9 Å². The predicted molar refractivity (Wildman–Crippen MR) is 107 cm³/mol. The molecule has 4 aromatic rings. The fraction of sp³-hybridized carbons (Fsp3) is 0.0526. The Balaban J connectivity index is 1.50. The van der Waals surface area contributed by atoms with Crippen LogP contribution in [0.2, 0.25) is 0 Å². The van der Waals surface area contributed by atoms with Gasteiger partial charge in [-0.05, 0) is 48.5 Å². The van der Waals surface area contributed by atoms with Crippen LogP contribution in [-0.4, -0.2) is 20.1 Å². The molecular weight excluding hydrogens is 447 g/mol. The van der Waals surface area contributed by atoms with Crippen molar-refractivity contribution in [2.75, 3.05) is 0 Å². The molecular formula is C19H12BrFN4O2S. The van der Waals surface area contributed by atoms with Crippen molar-refractivity contribution in [2.24, 2.45) is 0 Å². The van der Waals surface area contributed by atoms with Crippen LogP contribution in [0.5, 0.6) is 0 Å². The number of aromatic nitrogens is 4. The molecule has 0 aliphatic heterocycles. The second-order valence-corrected chi connectivity index (χ2v) is 7.63. The molecule has 0 radical (unpaired) electrons. The highest BCUT2D eigenvalue weighted by molar-refractivity contribution is 9.10. The minimum atomic E-state index is -0.346. The fourth-order valence-corrected chi connectivity index (χ4v) is 3.41. The molecule has 2 aromatic heterocycles. The summed E-state index contributed by atoms with van der Waals surface area (Å²) in [7, 11) is 0. The number of H-pyrrole nitrogens is 1. The van der Waals surface area contributed by atoms with E-state index in [2.05, 4.69) is 36.0 Å². The lowest BCUT2D eigenvalue weighted by atomic mass is 10.1. The molecule has 0 bridgehead atoms. The molecule has 140 valence electrons. The molecule has 0 unspecified atom stereocenters. The number of hydrogen-bond acceptors (Lipinski definition) is 6. The minimum Gasteiger partial charge on any atom is -0.338 e. The second kappa shape index (κ2) is 8.07. The molecule has 1 N–H and O–H groups in total. The average Bonchev–Trinajstić information content (AvgIpc) is 3.16. The molecule has 2 aromatic carbocycles. The molecule has 0 saturated carbocycles. The summed E-state index contributed by atoms with van der Waals surface area (Å²) < 4.78 is 19.3. The van der Waals surface area contributed by atoms with E-state index in [-0.39, 0.29) is 11.4 Å². The number of aromatic amines is 1. The third kappa shape index (κ3) is 4.37. The largest absolute Gasteiger partial charge is 0.338 e. The highest BCUT2D eigenvalue weighted by Crippen LogP contribution is 2.24. The van der Waals surface area contributed by atoms with Gasteiger partial charge >= 0.3 is 0 Å². The maximum atomic E-state index is 13.1. The molecule has 28 heavy (non-hydrogen) atoms. The van der Waals surface area contributed by atoms with Gasteiger partial charge in [0.2, 0.25) is 11.7 Å². The molecule has 0 fully saturated rings. The number of nitrogens with one attached hydrogen (secondary N) is 1. The molecule has 0 aliphatic rings. The molecule has 4 rings (SSSR count). The maximum absolute atomic E-state index is 13.1. The zero-order valence-electron chi connectivity index (χ0n) is 14.2. The van der Waals surface area contributed by atoms with Crippen molar-refractivity contribution in [1.82, 2.24) is 20.1 Å². The van der Waals surface area contributed by atoms with E-state index in [1.807, 2.05) is 24.3 Å². The topological polar surface area (TPSA) is 84.7 Å². The minimum absolute atomic E-state index is 0.294. The molecule has 2 heterocycles. The molecule has 0 spiro atoms. The van der Waals surface area contributed by atoms with Gasteiger partial charge in [-0.15, -0.1) is 0 Å². The average molecular weight is 459 g/mol. The SMILES string of the molecule is O=c1cc(-c2ccc(F)cc2)nc(SCc2nc(-c3ccc(Br)cc3)no2)[nH]1. The molecule has 6 nitrogen and oxygen atoms in total. The first-order chi connectivity index (χ1) is 13.6. The molecule has 0 saturated heterocycles. The van der Waals surface area contributed by atoms with Gasteiger partial charge in [-0.1, -0.05) is 32.8 Å². The van der Waals surface area contributed by atoms with Gasteiger partial charge < -0.3 is 9.51 Å². The summed E-state index contributed by atoms with van der Waals surface area (Å²) >= 11 is 4.65. The van der Waals surface area contributed by atoms with Gasteiger partial charge in [0.1, 0.15) is 5.82 Å². The van der Waals surface area contributed by atoms with Gasteiger partial charge in [-0.25, -0.2) is 9.37 Å². The quantitative estimate of drug-likeness (QED) is 0.345. The summed E-state index contributed by atoms with van der Waals surface area (Å²) in [5.74, 6) is 0.905. The Bertz CT molecular complexity index is 1160. The van der Waals surface area contributed by atoms with E-state index in [1.54, 1.807) is 12.1 Å². The summed E-state index contributed by atoms with van der Waals surface area (Å²) in [5.41, 5.74) is 1.67. The monoisotopic (exact) mass is 458 g/mol. The van der Waals surface area contributed by atoms with Crippen LogP contribution in [0, 0.1) is 5.82 Å². The van der Waals surface area contributed by atoms with Gasteiger partial charge in [0, 0.05) is 21.7 Å². The first kappa shape index (κ1) is 18.6. The lowest BCUT2D eigenvalue weighted by molar-refractivity contribution is 0.391. The van der Waals surface area contributed by atoms with Crippen molar-refractivity contribution >= 4 is 27.7 Å². The highest BCUT2D eigenvalue weighted by atomic mass is 79.9. The van der Waals surface area contributed by atoms with E-state index >= 15 is 0 Å². The Morgan fingerprint density at radius 2 is 1.75 bits per heavy atom. The van der Waals surface area contributed by atoms with Gasteiger partial charge in [-0.3, -0.25) is 4.79 Å². The normalized spacial score (nSPS) is 10.9. The number of halogens is 2. The third-order valence-corrected chi connectivity index (χ3v) is 5.15. The van der Waals surface area contributed by atoms with Gasteiger partial charge in [0.05, 0.1) is 11.4 Å². The predicted octanol–water partition coefficient (Wildman–Crippen LogP) is 4.68. The van der Waals surface area contributed by atoms with Crippen LogP contribution in [0.3, 0.4) is 0 Å². The number of rotatable bonds is 5. The lowest BCUT2D eigenvalue weighted by Gasteiger charge is -2.03. The van der Waals surface area contributed by atoms with E-state index in [9.17, 15) is 9.18 Å². The maximum Gasteiger partial charge on any atom is 0.252 e. The second-order valence-electron chi connectivity index (χ2n) is 5.75. The first-order valence-electron chi connectivity index (χ1n) is 8.15. The van der Waals surface area contributed by atoms with E-state index < -0.39 is 0 Å². The van der Waals surface area contributed by atoms with Crippen molar-refractivity contribution < 1.29 is 8.91 Å². The van der Waals surface area contributed by atoms with Crippen molar-refractivity contribution in [3.8, 4) is 22.6 Å². The number of thioether (sulfide) groups is 1. The molecule has 0 atom stereocenters. The van der Waals surface area contributed by atoms with Crippen molar-refractivity contribution in [1.29, 1.82) is 0 Å². The van der Waals surface area contributed by atoms with Gasteiger partial charge in [0.25, 0.3) is 5.56 Å². The standard InChI is InChI=1S/C19H12BrFN4O2S/c20-13-5-1-12(2-6-13)18-24-17(27-25-18)10-28-19-22-15(9-16(26)23-19)11-3-7-14(21)8-4-11/h1-9H,10H2,(H,22,23,26). The summed E-state index contributed by atoms with van der Waals surface area (Å²) in [6, 6.07) is 14.7. The van der Waals surface area contributed by atoms with E-state index in [4.69, 9.17) is 4.52 Å². The Labute approximate surface area is 171 Å². The van der Waals surface area contributed by atoms with Crippen LogP contribution in [0.4, 0.5) is 4.39 Å². The van der Waals surface area contributed by atoms with Crippen LogP contribution in [0.15, 0.2) is 73.5 Å². The van der Waals surface area contributed by atoms with E-state index in [0.717, 1.165) is 10.0 Å². The molecule has 0 amide bonds. The lowest BCUT2D eigenvalue weighted by Crippen LogP contribution is -2.08.